The van der Waals surface area contributed by atoms with Crippen LogP contribution < -0.4 is 0 Å². The molecule has 1 fully saturated rings. The molecule has 6 heteroatoms. The van der Waals surface area contributed by atoms with E-state index in [1.165, 1.54) is 51.4 Å². The lowest BCUT2D eigenvalue weighted by molar-refractivity contribution is -0.261. The molecule has 0 radical (unpaired) electrons. The van der Waals surface area contributed by atoms with Crippen molar-refractivity contribution in [1.29, 1.82) is 0 Å². The van der Waals surface area contributed by atoms with Crippen LogP contribution in [0.15, 0.2) is 0 Å². The zero-order valence-corrected chi connectivity index (χ0v) is 17.7. The smallest absolute Gasteiger partial charge is 0.303 e. The number of ether oxygens (including phenoxy) is 2. The molecule has 4 unspecified atom stereocenters. The van der Waals surface area contributed by atoms with Gasteiger partial charge in [-0.25, -0.2) is 0 Å². The Morgan fingerprint density at radius 1 is 0.821 bits per heavy atom. The van der Waals surface area contributed by atoms with Crippen LogP contribution in [-0.4, -0.2) is 52.5 Å². The van der Waals surface area contributed by atoms with Crippen LogP contribution in [0.3, 0.4) is 0 Å². The molecule has 0 spiro atoms. The van der Waals surface area contributed by atoms with Gasteiger partial charge in [-0.3, -0.25) is 4.79 Å². The number of aliphatic carboxylic acids is 1. The summed E-state index contributed by atoms with van der Waals surface area (Å²) in [5.74, 6) is -0.681. The zero-order valence-electron chi connectivity index (χ0n) is 17.7. The SMILES string of the molecule is CC1OC(OCCCCCCCCCCCCCCCC(=O)O)C(O)CC1O. The van der Waals surface area contributed by atoms with E-state index in [1.54, 1.807) is 6.92 Å². The standard InChI is InChI=1S/C22H42O6/c1-18-19(23)17-20(24)22(28-18)27-16-14-12-10-8-6-4-2-3-5-7-9-11-13-15-21(25)26/h18-20,22-24H,2-17H2,1H3,(H,25,26). The Bertz CT molecular complexity index is 389. The second kappa shape index (κ2) is 16.1. The molecular weight excluding hydrogens is 360 g/mol. The average molecular weight is 403 g/mol. The summed E-state index contributed by atoms with van der Waals surface area (Å²) in [7, 11) is 0. The first-order valence-electron chi connectivity index (χ1n) is 11.4. The number of hydrogen-bond donors (Lipinski definition) is 3. The van der Waals surface area contributed by atoms with Crippen molar-refractivity contribution in [3.8, 4) is 0 Å². The highest BCUT2D eigenvalue weighted by molar-refractivity contribution is 5.66. The van der Waals surface area contributed by atoms with E-state index in [9.17, 15) is 15.0 Å². The van der Waals surface area contributed by atoms with Crippen LogP contribution in [0.1, 0.15) is 103 Å². The van der Waals surface area contributed by atoms with Gasteiger partial charge < -0.3 is 24.8 Å². The van der Waals surface area contributed by atoms with Crippen molar-refractivity contribution in [2.75, 3.05) is 6.61 Å². The van der Waals surface area contributed by atoms with Gasteiger partial charge in [-0.15, -0.1) is 0 Å². The molecule has 0 aromatic heterocycles. The first-order valence-corrected chi connectivity index (χ1v) is 11.4. The van der Waals surface area contributed by atoms with Gasteiger partial charge in [0.1, 0.15) is 6.10 Å². The molecule has 0 aromatic carbocycles. The van der Waals surface area contributed by atoms with E-state index in [-0.39, 0.29) is 6.10 Å². The number of unbranched alkanes of at least 4 members (excludes halogenated alkanes) is 12. The average Bonchev–Trinajstić information content (AvgIpc) is 2.65. The van der Waals surface area contributed by atoms with Crippen molar-refractivity contribution in [3.63, 3.8) is 0 Å². The number of carboxylic acids is 1. The first kappa shape index (κ1) is 25.3. The van der Waals surface area contributed by atoms with E-state index in [2.05, 4.69) is 0 Å². The minimum absolute atomic E-state index is 0.287. The highest BCUT2D eigenvalue weighted by atomic mass is 16.7. The van der Waals surface area contributed by atoms with Gasteiger partial charge in [0.2, 0.25) is 0 Å². The van der Waals surface area contributed by atoms with Crippen LogP contribution in [0.5, 0.6) is 0 Å². The number of aliphatic hydroxyl groups is 2. The van der Waals surface area contributed by atoms with Crippen molar-refractivity contribution in [2.24, 2.45) is 0 Å². The molecule has 4 atom stereocenters. The van der Waals surface area contributed by atoms with Crippen LogP contribution in [-0.2, 0) is 14.3 Å². The highest BCUT2D eigenvalue weighted by Gasteiger charge is 2.34. The molecule has 0 saturated carbocycles. The molecule has 3 N–H and O–H groups in total. The summed E-state index contributed by atoms with van der Waals surface area (Å²) >= 11 is 0. The van der Waals surface area contributed by atoms with Gasteiger partial charge in [-0.2, -0.15) is 0 Å². The third kappa shape index (κ3) is 12.7. The Labute approximate surface area is 170 Å². The van der Waals surface area contributed by atoms with E-state index in [4.69, 9.17) is 14.6 Å². The van der Waals surface area contributed by atoms with E-state index in [0.29, 0.717) is 19.4 Å². The predicted molar refractivity (Wildman–Crippen MR) is 109 cm³/mol. The molecule has 0 aromatic rings. The second-order valence-electron chi connectivity index (χ2n) is 8.19. The molecule has 0 bridgehead atoms. The third-order valence-corrected chi connectivity index (χ3v) is 5.50. The maximum absolute atomic E-state index is 10.4. The third-order valence-electron chi connectivity index (χ3n) is 5.50. The molecule has 1 aliphatic heterocycles. The van der Waals surface area contributed by atoms with Gasteiger partial charge >= 0.3 is 5.97 Å². The van der Waals surface area contributed by atoms with Crippen LogP contribution >= 0.6 is 0 Å². The first-order chi connectivity index (χ1) is 13.5. The molecule has 1 heterocycles. The minimum Gasteiger partial charge on any atom is -0.481 e. The number of rotatable bonds is 17. The Kier molecular flexibility index (Phi) is 14.6. The molecule has 28 heavy (non-hydrogen) atoms. The maximum atomic E-state index is 10.4. The van der Waals surface area contributed by atoms with Crippen molar-refractivity contribution >= 4 is 5.97 Å². The molecule has 0 amide bonds. The van der Waals surface area contributed by atoms with Crippen molar-refractivity contribution in [1.82, 2.24) is 0 Å². The normalized spacial score (nSPS) is 25.1. The van der Waals surface area contributed by atoms with Gasteiger partial charge in [-0.05, 0) is 19.8 Å². The fourth-order valence-electron chi connectivity index (χ4n) is 3.62. The molecule has 1 saturated heterocycles. The van der Waals surface area contributed by atoms with Crippen molar-refractivity contribution in [2.45, 2.75) is 128 Å². The van der Waals surface area contributed by atoms with Gasteiger partial charge in [0.05, 0.1) is 12.2 Å². The zero-order chi connectivity index (χ0) is 20.6. The largest absolute Gasteiger partial charge is 0.481 e. The Morgan fingerprint density at radius 3 is 1.79 bits per heavy atom. The summed E-state index contributed by atoms with van der Waals surface area (Å²) in [4.78, 5) is 10.4. The lowest BCUT2D eigenvalue weighted by Crippen LogP contribution is -2.47. The summed E-state index contributed by atoms with van der Waals surface area (Å²) in [5.41, 5.74) is 0. The van der Waals surface area contributed by atoms with Crippen molar-refractivity contribution in [3.05, 3.63) is 0 Å². The van der Waals surface area contributed by atoms with Gasteiger partial charge in [0, 0.05) is 19.4 Å². The fraction of sp³-hybridized carbons (Fsp3) is 0.955. The highest BCUT2D eigenvalue weighted by Crippen LogP contribution is 2.21. The summed E-state index contributed by atoms with van der Waals surface area (Å²) < 4.78 is 11.1. The Balaban J connectivity index is 1.78. The van der Waals surface area contributed by atoms with Gasteiger partial charge in [0.15, 0.2) is 6.29 Å². The summed E-state index contributed by atoms with van der Waals surface area (Å²) in [6, 6.07) is 0. The lowest BCUT2D eigenvalue weighted by atomic mass is 10.0. The predicted octanol–water partition coefficient (Wildman–Crippen LogP) is 4.41. The quantitative estimate of drug-likeness (QED) is 0.312. The van der Waals surface area contributed by atoms with Crippen LogP contribution in [0.2, 0.25) is 0 Å². The summed E-state index contributed by atoms with van der Waals surface area (Å²) in [5, 5.41) is 28.1. The maximum Gasteiger partial charge on any atom is 0.303 e. The lowest BCUT2D eigenvalue weighted by Gasteiger charge is -2.35. The number of aliphatic hydroxyl groups excluding tert-OH is 2. The second-order valence-corrected chi connectivity index (χ2v) is 8.19. The van der Waals surface area contributed by atoms with Crippen LogP contribution in [0.25, 0.3) is 0 Å². The van der Waals surface area contributed by atoms with Crippen molar-refractivity contribution < 1.29 is 29.6 Å². The van der Waals surface area contributed by atoms with E-state index >= 15 is 0 Å². The monoisotopic (exact) mass is 402 g/mol. The van der Waals surface area contributed by atoms with E-state index in [1.807, 2.05) is 0 Å². The molecule has 6 nitrogen and oxygen atoms in total. The topological polar surface area (TPSA) is 96.2 Å². The molecule has 1 aliphatic rings. The molecule has 166 valence electrons. The van der Waals surface area contributed by atoms with Gasteiger partial charge in [0.25, 0.3) is 0 Å². The van der Waals surface area contributed by atoms with E-state index < -0.39 is 24.5 Å². The van der Waals surface area contributed by atoms with E-state index in [0.717, 1.165) is 32.1 Å². The minimum atomic E-state index is -0.740. The Morgan fingerprint density at radius 2 is 1.29 bits per heavy atom. The molecule has 0 aliphatic carbocycles. The van der Waals surface area contributed by atoms with Crippen LogP contribution in [0.4, 0.5) is 0 Å². The number of hydrogen-bond acceptors (Lipinski definition) is 5. The molecule has 1 rings (SSSR count). The van der Waals surface area contributed by atoms with Crippen LogP contribution in [0, 0.1) is 0 Å². The number of carbonyl (C=O) groups is 1. The number of carboxylic acid groups (broad SMARTS) is 1. The fourth-order valence-corrected chi connectivity index (χ4v) is 3.62. The molecular formula is C22H42O6. The summed E-state index contributed by atoms with van der Waals surface area (Å²) in [6.45, 7) is 2.40. The van der Waals surface area contributed by atoms with Gasteiger partial charge in [-0.1, -0.05) is 70.6 Å². The summed E-state index contributed by atoms with van der Waals surface area (Å²) in [6.07, 6.45) is 13.7. The Hall–Kier alpha value is -0.690.